The van der Waals surface area contributed by atoms with Crippen molar-refractivity contribution in [3.05, 3.63) is 16.7 Å². The summed E-state index contributed by atoms with van der Waals surface area (Å²) in [4.78, 5) is 24.4. The van der Waals surface area contributed by atoms with Crippen LogP contribution in [0, 0.1) is 5.41 Å². The van der Waals surface area contributed by atoms with E-state index < -0.39 is 55.2 Å². The third-order valence-corrected chi connectivity index (χ3v) is 8.97. The highest BCUT2D eigenvalue weighted by atomic mass is 28.3. The van der Waals surface area contributed by atoms with E-state index in [1.807, 2.05) is 66.9 Å². The van der Waals surface area contributed by atoms with Crippen LogP contribution >= 0.6 is 0 Å². The van der Waals surface area contributed by atoms with Crippen molar-refractivity contribution in [2.24, 2.45) is 10.0 Å². The van der Waals surface area contributed by atoms with Crippen molar-refractivity contribution in [3.8, 4) is 0 Å². The highest BCUT2D eigenvalue weighted by Gasteiger charge is 2.63. The monoisotopic (exact) mass is 537 g/mol. The van der Waals surface area contributed by atoms with Gasteiger partial charge in [0.2, 0.25) is 5.95 Å². The third-order valence-electron chi connectivity index (χ3n) is 6.27. The first-order valence-electron chi connectivity index (χ1n) is 12.5. The quantitative estimate of drug-likeness (QED) is 0.542. The highest BCUT2D eigenvalue weighted by molar-refractivity contribution is 6.58. The molecule has 2 N–H and O–H groups in total. The van der Waals surface area contributed by atoms with E-state index in [9.17, 15) is 9.90 Å². The van der Waals surface area contributed by atoms with Crippen LogP contribution in [0.4, 0.5) is 5.95 Å². The smallest absolute Gasteiger partial charge is 0.280 e. The lowest BCUT2D eigenvalue weighted by molar-refractivity contribution is -0.175. The Labute approximate surface area is 217 Å². The number of nitrogens with zero attached hydrogens (tertiary/aromatic N) is 4. The Morgan fingerprint density at radius 3 is 2.22 bits per heavy atom. The van der Waals surface area contributed by atoms with E-state index in [0.717, 1.165) is 0 Å². The Kier molecular flexibility index (Phi) is 7.75. The summed E-state index contributed by atoms with van der Waals surface area (Å²) in [6.07, 6.45) is -1.14. The van der Waals surface area contributed by atoms with Gasteiger partial charge in [-0.1, -0.05) is 33.9 Å². The van der Waals surface area contributed by atoms with Crippen LogP contribution in [-0.2, 0) is 19.6 Å². The number of rotatable bonds is 6. The lowest BCUT2D eigenvalue weighted by atomic mass is 9.83. The molecule has 36 heavy (non-hydrogen) atoms. The molecule has 1 unspecified atom stereocenters. The summed E-state index contributed by atoms with van der Waals surface area (Å²) in [5.41, 5.74) is -1.36. The maximum absolute atomic E-state index is 12.8. The molecule has 0 radical (unpaired) electrons. The summed E-state index contributed by atoms with van der Waals surface area (Å²) in [5.74, 6) is 0.216. The normalized spacial score (nSPS) is 26.6. The fourth-order valence-electron chi connectivity index (χ4n) is 4.73. The molecule has 1 aliphatic rings. The molecule has 0 aliphatic carbocycles. The molecule has 0 bridgehead atoms. The molecule has 2 aromatic rings. The molecule has 202 valence electrons. The molecular formula is C24H43N5O5Si2. The lowest BCUT2D eigenvalue weighted by Gasteiger charge is -2.42. The van der Waals surface area contributed by atoms with Crippen molar-refractivity contribution >= 4 is 35.9 Å². The second-order valence-electron chi connectivity index (χ2n) is 13.0. The van der Waals surface area contributed by atoms with Crippen molar-refractivity contribution < 1.29 is 19.3 Å². The average Bonchev–Trinajstić information content (AvgIpc) is 3.25. The summed E-state index contributed by atoms with van der Waals surface area (Å²) < 4.78 is 26.3. The Hall–Kier alpha value is -1.58. The maximum atomic E-state index is 12.8. The molecule has 5 atom stereocenters. The topological polar surface area (TPSA) is 124 Å². The van der Waals surface area contributed by atoms with Crippen LogP contribution in [0.5, 0.6) is 0 Å². The molecule has 0 aromatic carbocycles. The zero-order valence-corrected chi connectivity index (χ0v) is 26.1. The average molecular weight is 538 g/mol. The predicted octanol–water partition coefficient (Wildman–Crippen LogP) is 2.42. The SMILES string of the molecule is C[SiH](C)[C@@]1(n2cnc3c(=O)[nH]c(N=[SiH2])nc32)O[C@H](C(O)C(C)(C)C)[C@@H](OC(C)(C)C)[C@H]1OC(C)(C)C. The summed E-state index contributed by atoms with van der Waals surface area (Å²) >= 11 is 0. The van der Waals surface area contributed by atoms with Gasteiger partial charge in [-0.15, -0.1) is 0 Å². The zero-order chi connectivity index (χ0) is 27.4. The number of aliphatic hydroxyl groups is 1. The summed E-state index contributed by atoms with van der Waals surface area (Å²) in [6.45, 7) is 22.2. The molecule has 0 amide bonds. The van der Waals surface area contributed by atoms with Crippen LogP contribution in [0.1, 0.15) is 62.3 Å². The molecule has 1 fully saturated rings. The van der Waals surface area contributed by atoms with Gasteiger partial charge in [-0.2, -0.15) is 4.98 Å². The van der Waals surface area contributed by atoms with Gasteiger partial charge in [-0.05, 0) is 47.0 Å². The first-order chi connectivity index (χ1) is 16.3. The van der Waals surface area contributed by atoms with Gasteiger partial charge in [-0.25, -0.2) is 4.98 Å². The molecule has 12 heteroatoms. The summed E-state index contributed by atoms with van der Waals surface area (Å²) in [7, 11) is -0.531. The molecule has 3 heterocycles. The minimum Gasteiger partial charge on any atom is -0.390 e. The van der Waals surface area contributed by atoms with Crippen LogP contribution in [0.2, 0.25) is 13.1 Å². The van der Waals surface area contributed by atoms with Crippen LogP contribution < -0.4 is 5.56 Å². The number of fused-ring (bicyclic) bond motifs is 1. The van der Waals surface area contributed by atoms with Gasteiger partial charge >= 0.3 is 0 Å². The van der Waals surface area contributed by atoms with E-state index in [-0.39, 0.29) is 17.0 Å². The fraction of sp³-hybridized carbons (Fsp3) is 0.792. The number of ether oxygens (including phenoxy) is 3. The molecule has 10 nitrogen and oxygen atoms in total. The standard InChI is InChI=1S/C24H43N5O5Si2/c1-21(2,3)16(30)14-15(32-22(4,5)6)17(34-23(7,8)9)24(33-14,36(10)11)29-12-25-13-18(29)26-20(28-35)27-19(13)31/h12,14-17,30,36H,35H2,1-11H3,(H,26,27,31)/t14-,15+,16?,17+,24-/m0/s1. The molecule has 0 saturated carbocycles. The van der Waals surface area contributed by atoms with Crippen LogP contribution in [-0.4, -0.2) is 79.1 Å². The second-order valence-corrected chi connectivity index (χ2v) is 16.4. The van der Waals surface area contributed by atoms with Crippen LogP contribution in [0.3, 0.4) is 0 Å². The molecule has 3 rings (SSSR count). The minimum atomic E-state index is -1.88. The third kappa shape index (κ3) is 5.48. The number of aromatic amines is 1. The van der Waals surface area contributed by atoms with Gasteiger partial charge in [0.05, 0.1) is 32.4 Å². The number of aromatic nitrogens is 4. The largest absolute Gasteiger partial charge is 0.390 e. The molecule has 1 aliphatic heterocycles. The van der Waals surface area contributed by atoms with E-state index in [0.29, 0.717) is 5.65 Å². The number of hydrogen-bond donors (Lipinski definition) is 2. The Bertz CT molecular complexity index is 1160. The van der Waals surface area contributed by atoms with E-state index >= 15 is 0 Å². The van der Waals surface area contributed by atoms with Gasteiger partial charge in [0.15, 0.2) is 16.5 Å². The predicted molar refractivity (Wildman–Crippen MR) is 145 cm³/mol. The van der Waals surface area contributed by atoms with Crippen molar-refractivity contribution in [2.75, 3.05) is 0 Å². The van der Waals surface area contributed by atoms with Crippen LogP contribution in [0.15, 0.2) is 15.8 Å². The first-order valence-corrected chi connectivity index (χ1v) is 16.0. The fourth-order valence-corrected chi connectivity index (χ4v) is 6.97. The lowest BCUT2D eigenvalue weighted by Crippen LogP contribution is -2.58. The highest BCUT2D eigenvalue weighted by Crippen LogP contribution is 2.47. The molecule has 2 aromatic heterocycles. The van der Waals surface area contributed by atoms with Crippen LogP contribution in [0.25, 0.3) is 11.2 Å². The van der Waals surface area contributed by atoms with E-state index in [1.54, 1.807) is 6.33 Å². The number of H-pyrrole nitrogens is 1. The number of hydrogen-bond acceptors (Lipinski definition) is 8. The van der Waals surface area contributed by atoms with Crippen molar-refractivity contribution in [1.29, 1.82) is 0 Å². The Balaban J connectivity index is 2.37. The van der Waals surface area contributed by atoms with Gasteiger partial charge in [0.25, 0.3) is 5.56 Å². The Morgan fingerprint density at radius 1 is 1.17 bits per heavy atom. The summed E-state index contributed by atoms with van der Waals surface area (Å²) in [5, 5.41) is 10.5. The number of imidazole rings is 1. The van der Waals surface area contributed by atoms with E-state index in [1.165, 1.54) is 10.0 Å². The number of aliphatic hydroxyl groups excluding tert-OH is 1. The summed E-state index contributed by atoms with van der Waals surface area (Å²) in [6, 6.07) is 0. The Morgan fingerprint density at radius 2 is 1.75 bits per heavy atom. The van der Waals surface area contributed by atoms with Gasteiger partial charge in [0, 0.05) is 0 Å². The first kappa shape index (κ1) is 29.0. The minimum absolute atomic E-state index is 0.200. The maximum Gasteiger partial charge on any atom is 0.280 e. The second kappa shape index (κ2) is 9.62. The van der Waals surface area contributed by atoms with E-state index in [4.69, 9.17) is 14.2 Å². The van der Waals surface area contributed by atoms with E-state index in [2.05, 4.69) is 32.7 Å². The molecular weight excluding hydrogens is 494 g/mol. The van der Waals surface area contributed by atoms with Gasteiger partial charge in [0.1, 0.15) is 28.3 Å². The molecule has 0 spiro atoms. The van der Waals surface area contributed by atoms with Crippen molar-refractivity contribution in [2.45, 2.75) is 116 Å². The van der Waals surface area contributed by atoms with Crippen molar-refractivity contribution in [3.63, 3.8) is 0 Å². The van der Waals surface area contributed by atoms with Crippen molar-refractivity contribution in [1.82, 2.24) is 19.5 Å². The number of nitrogens with one attached hydrogen (secondary N) is 1. The zero-order valence-electron chi connectivity index (χ0n) is 23.5. The van der Waals surface area contributed by atoms with Gasteiger partial charge in [-0.3, -0.25) is 19.0 Å². The molecule has 1 saturated heterocycles. The van der Waals surface area contributed by atoms with Gasteiger partial charge < -0.3 is 19.3 Å².